The molecule has 0 fully saturated rings. The van der Waals surface area contributed by atoms with Gasteiger partial charge in [0.25, 0.3) is 0 Å². The third-order valence-electron chi connectivity index (χ3n) is 2.14. The van der Waals surface area contributed by atoms with Gasteiger partial charge >= 0.3 is 12.1 Å². The minimum atomic E-state index is -1.72. The molecule has 1 unspecified atom stereocenters. The molecule has 0 aliphatic heterocycles. The molecular weight excluding hydrogens is 238 g/mol. The van der Waals surface area contributed by atoms with Gasteiger partial charge in [-0.05, 0) is 41.5 Å². The zero-order valence-electron chi connectivity index (χ0n) is 11.7. The molecule has 0 bridgehead atoms. The van der Waals surface area contributed by atoms with E-state index in [0.717, 1.165) is 0 Å². The maximum atomic E-state index is 11.7. The predicted octanol–water partition coefficient (Wildman–Crippen LogP) is 1.42. The lowest BCUT2D eigenvalue weighted by atomic mass is 9.98. The molecule has 0 radical (unpaired) electrons. The maximum absolute atomic E-state index is 11.7. The Kier molecular flexibility index (Phi) is 5.32. The molecule has 1 amide bonds. The Bertz CT molecular complexity index is 345. The van der Waals surface area contributed by atoms with Gasteiger partial charge in [0.15, 0.2) is 11.3 Å². The second kappa shape index (κ2) is 5.84. The van der Waals surface area contributed by atoms with Crippen LogP contribution in [0.4, 0.5) is 4.79 Å². The number of hydrogen-bond donors (Lipinski definition) is 1. The summed E-state index contributed by atoms with van der Waals surface area (Å²) in [5.74, 6) is -1.32. The minimum Gasteiger partial charge on any atom is -0.464 e. The van der Waals surface area contributed by atoms with E-state index in [0.29, 0.717) is 0 Å². The van der Waals surface area contributed by atoms with E-state index in [2.05, 4.69) is 5.32 Å². The molecule has 0 saturated heterocycles. The zero-order chi connectivity index (χ0) is 14.6. The fraction of sp³-hybridized carbons (Fsp3) is 0.750. The average Bonchev–Trinajstić information content (AvgIpc) is 2.14. The van der Waals surface area contributed by atoms with Gasteiger partial charge in [0.1, 0.15) is 5.60 Å². The average molecular weight is 259 g/mol. The summed E-state index contributed by atoms with van der Waals surface area (Å²) in [5.41, 5.74) is -2.44. The van der Waals surface area contributed by atoms with E-state index in [-0.39, 0.29) is 6.61 Å². The Balaban J connectivity index is 4.88. The van der Waals surface area contributed by atoms with Crippen molar-refractivity contribution in [2.75, 3.05) is 6.61 Å². The van der Waals surface area contributed by atoms with Crippen LogP contribution in [0.3, 0.4) is 0 Å². The molecule has 0 heterocycles. The van der Waals surface area contributed by atoms with Gasteiger partial charge in [-0.25, -0.2) is 9.59 Å². The summed E-state index contributed by atoms with van der Waals surface area (Å²) < 4.78 is 9.77. The van der Waals surface area contributed by atoms with Gasteiger partial charge in [0, 0.05) is 0 Å². The number of nitrogens with one attached hydrogen (secondary N) is 1. The van der Waals surface area contributed by atoms with Crippen LogP contribution in [0, 0.1) is 0 Å². The number of esters is 1. The van der Waals surface area contributed by atoms with Crippen LogP contribution in [0.5, 0.6) is 0 Å². The van der Waals surface area contributed by atoms with E-state index in [1.165, 1.54) is 13.8 Å². The van der Waals surface area contributed by atoms with Gasteiger partial charge in [0.05, 0.1) is 6.61 Å². The highest BCUT2D eigenvalue weighted by Crippen LogP contribution is 2.12. The Labute approximate surface area is 107 Å². The highest BCUT2D eigenvalue weighted by molar-refractivity contribution is 6.09. The second-order valence-electron chi connectivity index (χ2n) is 5.03. The van der Waals surface area contributed by atoms with E-state index in [4.69, 9.17) is 9.47 Å². The third kappa shape index (κ3) is 4.73. The number of Topliss-reactive ketones (excluding diaryl/α,β-unsaturated/α-hetero) is 1. The summed E-state index contributed by atoms with van der Waals surface area (Å²) in [7, 11) is 0. The minimum absolute atomic E-state index is 0.123. The third-order valence-corrected chi connectivity index (χ3v) is 2.14. The molecule has 104 valence electrons. The van der Waals surface area contributed by atoms with Crippen molar-refractivity contribution in [3.05, 3.63) is 0 Å². The number of ether oxygens (including phenoxy) is 2. The molecule has 6 heteroatoms. The van der Waals surface area contributed by atoms with E-state index in [9.17, 15) is 14.4 Å². The largest absolute Gasteiger partial charge is 0.464 e. The quantitative estimate of drug-likeness (QED) is 0.610. The summed E-state index contributed by atoms with van der Waals surface area (Å²) in [4.78, 5) is 34.8. The Hall–Kier alpha value is -1.59. The summed E-state index contributed by atoms with van der Waals surface area (Å²) in [6, 6.07) is 0. The SMILES string of the molecule is CCOC(=O)C(C)(NC(=O)OC(C)(C)C)C(C)=O. The number of ketones is 1. The molecule has 18 heavy (non-hydrogen) atoms. The van der Waals surface area contributed by atoms with Crippen LogP contribution in [0.25, 0.3) is 0 Å². The molecule has 0 aromatic carbocycles. The van der Waals surface area contributed by atoms with Crippen LogP contribution in [0.15, 0.2) is 0 Å². The van der Waals surface area contributed by atoms with Crippen molar-refractivity contribution in [3.63, 3.8) is 0 Å². The fourth-order valence-corrected chi connectivity index (χ4v) is 1.07. The van der Waals surface area contributed by atoms with Crippen molar-refractivity contribution < 1.29 is 23.9 Å². The van der Waals surface area contributed by atoms with Crippen LogP contribution >= 0.6 is 0 Å². The van der Waals surface area contributed by atoms with Crippen LogP contribution in [-0.2, 0) is 19.1 Å². The first-order chi connectivity index (χ1) is 8.03. The normalized spacial score (nSPS) is 14.3. The lowest BCUT2D eigenvalue weighted by Crippen LogP contribution is -2.58. The van der Waals surface area contributed by atoms with Crippen molar-refractivity contribution in [1.82, 2.24) is 5.32 Å². The lowest BCUT2D eigenvalue weighted by molar-refractivity contribution is -0.154. The monoisotopic (exact) mass is 259 g/mol. The van der Waals surface area contributed by atoms with Gasteiger partial charge in [-0.2, -0.15) is 0 Å². The lowest BCUT2D eigenvalue weighted by Gasteiger charge is -2.27. The summed E-state index contributed by atoms with van der Waals surface area (Å²) >= 11 is 0. The van der Waals surface area contributed by atoms with Gasteiger partial charge in [-0.15, -0.1) is 0 Å². The first-order valence-corrected chi connectivity index (χ1v) is 5.72. The number of carbonyl (C=O) groups excluding carboxylic acids is 3. The highest BCUT2D eigenvalue weighted by atomic mass is 16.6. The van der Waals surface area contributed by atoms with Gasteiger partial charge in [-0.3, -0.25) is 10.1 Å². The number of rotatable bonds is 4. The summed E-state index contributed by atoms with van der Waals surface area (Å²) in [5, 5.41) is 2.25. The first-order valence-electron chi connectivity index (χ1n) is 5.72. The van der Waals surface area contributed by atoms with E-state index < -0.39 is 29.0 Å². The van der Waals surface area contributed by atoms with E-state index in [1.54, 1.807) is 27.7 Å². The number of hydrogen-bond acceptors (Lipinski definition) is 5. The second-order valence-corrected chi connectivity index (χ2v) is 5.03. The standard InChI is InChI=1S/C12H21NO5/c1-7-17-9(15)12(6,8(2)14)13-10(16)18-11(3,4)5/h7H2,1-6H3,(H,13,16). The van der Waals surface area contributed by atoms with E-state index >= 15 is 0 Å². The number of amides is 1. The first kappa shape index (κ1) is 16.4. The van der Waals surface area contributed by atoms with Crippen LogP contribution in [0.1, 0.15) is 41.5 Å². The number of carbonyl (C=O) groups is 3. The maximum Gasteiger partial charge on any atom is 0.408 e. The number of alkyl carbamates (subject to hydrolysis) is 1. The molecule has 0 aromatic heterocycles. The fourth-order valence-electron chi connectivity index (χ4n) is 1.07. The smallest absolute Gasteiger partial charge is 0.408 e. The molecule has 0 aliphatic carbocycles. The molecule has 6 nitrogen and oxygen atoms in total. The van der Waals surface area contributed by atoms with Gasteiger partial charge in [0.2, 0.25) is 0 Å². The van der Waals surface area contributed by atoms with Crippen molar-refractivity contribution in [3.8, 4) is 0 Å². The molecule has 0 aliphatic rings. The molecule has 1 atom stereocenters. The van der Waals surface area contributed by atoms with Gasteiger partial charge in [-0.1, -0.05) is 0 Å². The van der Waals surface area contributed by atoms with Crippen molar-refractivity contribution in [2.24, 2.45) is 0 Å². The molecule has 0 rings (SSSR count). The molecular formula is C12H21NO5. The van der Waals surface area contributed by atoms with Crippen LogP contribution in [-0.4, -0.2) is 35.6 Å². The van der Waals surface area contributed by atoms with E-state index in [1.807, 2.05) is 0 Å². The van der Waals surface area contributed by atoms with Crippen molar-refractivity contribution in [2.45, 2.75) is 52.7 Å². The van der Waals surface area contributed by atoms with Crippen molar-refractivity contribution >= 4 is 17.8 Å². The highest BCUT2D eigenvalue weighted by Gasteiger charge is 2.42. The van der Waals surface area contributed by atoms with Crippen LogP contribution < -0.4 is 5.32 Å². The summed E-state index contributed by atoms with van der Waals surface area (Å²) in [6.45, 7) is 9.28. The van der Waals surface area contributed by atoms with Crippen molar-refractivity contribution in [1.29, 1.82) is 0 Å². The molecule has 0 saturated carbocycles. The molecule has 0 spiro atoms. The Morgan fingerprint density at radius 2 is 1.61 bits per heavy atom. The molecule has 1 N–H and O–H groups in total. The summed E-state index contributed by atoms with van der Waals surface area (Å²) in [6.07, 6.45) is -0.840. The Morgan fingerprint density at radius 3 is 1.94 bits per heavy atom. The molecule has 0 aromatic rings. The zero-order valence-corrected chi connectivity index (χ0v) is 11.7. The Morgan fingerprint density at radius 1 is 1.11 bits per heavy atom. The topological polar surface area (TPSA) is 81.7 Å². The van der Waals surface area contributed by atoms with Gasteiger partial charge < -0.3 is 9.47 Å². The predicted molar refractivity (Wildman–Crippen MR) is 65.1 cm³/mol. The van der Waals surface area contributed by atoms with Crippen LogP contribution in [0.2, 0.25) is 0 Å².